The monoisotopic (exact) mass is 553 g/mol. The van der Waals surface area contributed by atoms with Crippen molar-refractivity contribution in [3.63, 3.8) is 0 Å². The maximum atomic E-state index is 14.3. The van der Waals surface area contributed by atoms with Crippen molar-refractivity contribution in [2.24, 2.45) is 5.92 Å². The van der Waals surface area contributed by atoms with Crippen molar-refractivity contribution in [1.29, 1.82) is 0 Å². The van der Waals surface area contributed by atoms with Crippen LogP contribution in [0.2, 0.25) is 0 Å². The highest BCUT2D eigenvalue weighted by atomic mass is 19.4. The second kappa shape index (κ2) is 11.0. The van der Waals surface area contributed by atoms with Crippen LogP contribution in [-0.2, 0) is 11.0 Å². The highest BCUT2D eigenvalue weighted by molar-refractivity contribution is 5.79. The largest absolute Gasteiger partial charge is 0.481 e. The molecule has 0 bridgehead atoms. The first-order chi connectivity index (χ1) is 18.3. The van der Waals surface area contributed by atoms with Gasteiger partial charge in [-0.05, 0) is 84.9 Å². The van der Waals surface area contributed by atoms with Crippen molar-refractivity contribution in [2.45, 2.75) is 44.1 Å². The molecule has 3 nitrogen and oxygen atoms in total. The standard InChI is InChI=1S/C29H26F7NO2/c1-17(27(38)39)22-15-23(18-5-3-2-4-6-18)24(16-25(22)29(34,35)36)26(19-7-9-21(30)10-8-19)37-13-11-20(12-14-37)28(31,32)33/h2-10,15-17,20,26H,11-14H2,1H3,(H,38,39)/t17-,26+/m0/s1. The lowest BCUT2D eigenvalue weighted by atomic mass is 9.83. The first-order valence-electron chi connectivity index (χ1n) is 12.4. The van der Waals surface area contributed by atoms with E-state index >= 15 is 0 Å². The molecule has 1 fully saturated rings. The fourth-order valence-electron chi connectivity index (χ4n) is 5.18. The van der Waals surface area contributed by atoms with Crippen LogP contribution in [0.5, 0.6) is 0 Å². The third kappa shape index (κ3) is 6.27. The van der Waals surface area contributed by atoms with Crippen LogP contribution < -0.4 is 0 Å². The molecule has 2 atom stereocenters. The zero-order chi connectivity index (χ0) is 28.5. The Morgan fingerprint density at radius 3 is 2.00 bits per heavy atom. The summed E-state index contributed by atoms with van der Waals surface area (Å²) in [6.07, 6.45) is -9.76. The van der Waals surface area contributed by atoms with Gasteiger partial charge in [0.25, 0.3) is 0 Å². The number of carboxylic acid groups (broad SMARTS) is 1. The molecule has 1 aliphatic rings. The Labute approximate surface area is 220 Å². The topological polar surface area (TPSA) is 40.5 Å². The number of likely N-dealkylation sites (tertiary alicyclic amines) is 1. The molecule has 10 heteroatoms. The summed E-state index contributed by atoms with van der Waals surface area (Å²) in [5.41, 5.74) is -0.176. The predicted molar refractivity (Wildman–Crippen MR) is 132 cm³/mol. The van der Waals surface area contributed by atoms with Gasteiger partial charge in [0.15, 0.2) is 0 Å². The minimum Gasteiger partial charge on any atom is -0.481 e. The molecule has 3 aromatic rings. The third-order valence-electron chi connectivity index (χ3n) is 7.29. The molecule has 0 saturated carbocycles. The van der Waals surface area contributed by atoms with Gasteiger partial charge in [0.1, 0.15) is 5.82 Å². The van der Waals surface area contributed by atoms with E-state index in [1.54, 1.807) is 35.2 Å². The Morgan fingerprint density at radius 1 is 0.897 bits per heavy atom. The molecule has 1 saturated heterocycles. The van der Waals surface area contributed by atoms with Crippen LogP contribution in [-0.4, -0.2) is 35.2 Å². The molecule has 1 aliphatic heterocycles. The fourth-order valence-corrected chi connectivity index (χ4v) is 5.18. The van der Waals surface area contributed by atoms with Crippen LogP contribution in [0, 0.1) is 11.7 Å². The van der Waals surface area contributed by atoms with Crippen LogP contribution >= 0.6 is 0 Å². The van der Waals surface area contributed by atoms with E-state index in [4.69, 9.17) is 0 Å². The summed E-state index contributed by atoms with van der Waals surface area (Å²) in [5.74, 6) is -5.01. The Kier molecular flexibility index (Phi) is 8.07. The number of piperidine rings is 1. The summed E-state index contributed by atoms with van der Waals surface area (Å²) in [6, 6.07) is 14.7. The lowest BCUT2D eigenvalue weighted by Crippen LogP contribution is -2.41. The molecular weight excluding hydrogens is 527 g/mol. The number of halogens is 7. The van der Waals surface area contributed by atoms with Gasteiger partial charge in [-0.3, -0.25) is 9.69 Å². The van der Waals surface area contributed by atoms with Gasteiger partial charge in [-0.25, -0.2) is 4.39 Å². The predicted octanol–water partition coefficient (Wildman–Crippen LogP) is 8.06. The SMILES string of the molecule is C[C@H](C(=O)O)c1cc(-c2ccccc2)c([C@@H](c2ccc(F)cc2)N2CCC(C(F)(F)F)CC2)cc1C(F)(F)F. The number of benzene rings is 3. The molecule has 0 aromatic heterocycles. The lowest BCUT2D eigenvalue weighted by Gasteiger charge is -2.39. The van der Waals surface area contributed by atoms with E-state index in [0.29, 0.717) is 16.7 Å². The lowest BCUT2D eigenvalue weighted by molar-refractivity contribution is -0.185. The van der Waals surface area contributed by atoms with Gasteiger partial charge in [0, 0.05) is 0 Å². The molecule has 3 aromatic carbocycles. The number of carboxylic acids is 1. The Bertz CT molecular complexity index is 1300. The molecular formula is C29H26F7NO2. The summed E-state index contributed by atoms with van der Waals surface area (Å²) < 4.78 is 97.0. The zero-order valence-electron chi connectivity index (χ0n) is 20.9. The van der Waals surface area contributed by atoms with E-state index < -0.39 is 53.1 Å². The van der Waals surface area contributed by atoms with Gasteiger partial charge in [0.2, 0.25) is 0 Å². The van der Waals surface area contributed by atoms with Gasteiger partial charge >= 0.3 is 18.3 Å². The molecule has 0 radical (unpaired) electrons. The molecule has 1 heterocycles. The highest BCUT2D eigenvalue weighted by Crippen LogP contribution is 2.45. The molecule has 39 heavy (non-hydrogen) atoms. The molecule has 0 unspecified atom stereocenters. The number of alkyl halides is 6. The minimum absolute atomic E-state index is 0.0465. The van der Waals surface area contributed by atoms with E-state index in [9.17, 15) is 40.6 Å². The number of hydrogen-bond donors (Lipinski definition) is 1. The van der Waals surface area contributed by atoms with Crippen LogP contribution in [0.4, 0.5) is 30.7 Å². The average Bonchev–Trinajstić information content (AvgIpc) is 2.89. The van der Waals surface area contributed by atoms with Crippen molar-refractivity contribution >= 4 is 5.97 Å². The Morgan fingerprint density at radius 2 is 1.49 bits per heavy atom. The zero-order valence-corrected chi connectivity index (χ0v) is 20.9. The Balaban J connectivity index is 1.96. The summed E-state index contributed by atoms with van der Waals surface area (Å²) in [6.45, 7) is 1.07. The quantitative estimate of drug-likeness (QED) is 0.314. The Hall–Kier alpha value is -3.40. The summed E-state index contributed by atoms with van der Waals surface area (Å²) >= 11 is 0. The van der Waals surface area contributed by atoms with Crippen molar-refractivity contribution < 1.29 is 40.6 Å². The maximum Gasteiger partial charge on any atom is 0.416 e. The smallest absolute Gasteiger partial charge is 0.416 e. The number of carbonyl (C=O) groups is 1. The van der Waals surface area contributed by atoms with Crippen LogP contribution in [0.1, 0.15) is 54.0 Å². The molecule has 4 rings (SSSR count). The molecule has 208 valence electrons. The first-order valence-corrected chi connectivity index (χ1v) is 12.4. The van der Waals surface area contributed by atoms with Gasteiger partial charge in [-0.15, -0.1) is 0 Å². The van der Waals surface area contributed by atoms with Crippen LogP contribution in [0.25, 0.3) is 11.1 Å². The van der Waals surface area contributed by atoms with E-state index in [2.05, 4.69) is 0 Å². The summed E-state index contributed by atoms with van der Waals surface area (Å²) in [5, 5.41) is 9.56. The van der Waals surface area contributed by atoms with E-state index in [1.165, 1.54) is 25.1 Å². The summed E-state index contributed by atoms with van der Waals surface area (Å²) in [4.78, 5) is 13.4. The van der Waals surface area contributed by atoms with E-state index in [1.807, 2.05) is 0 Å². The molecule has 0 spiro atoms. The second-order valence-corrected chi connectivity index (χ2v) is 9.76. The maximum absolute atomic E-state index is 14.3. The van der Waals surface area contributed by atoms with Crippen LogP contribution in [0.3, 0.4) is 0 Å². The van der Waals surface area contributed by atoms with Gasteiger partial charge in [-0.2, -0.15) is 26.3 Å². The van der Waals surface area contributed by atoms with Crippen molar-refractivity contribution in [1.82, 2.24) is 4.90 Å². The molecule has 0 amide bonds. The summed E-state index contributed by atoms with van der Waals surface area (Å²) in [7, 11) is 0. The fraction of sp³-hybridized carbons (Fsp3) is 0.345. The van der Waals surface area contributed by atoms with Gasteiger partial charge in [-0.1, -0.05) is 42.5 Å². The van der Waals surface area contributed by atoms with Gasteiger partial charge in [0.05, 0.1) is 23.4 Å². The van der Waals surface area contributed by atoms with Crippen LogP contribution in [0.15, 0.2) is 66.7 Å². The average molecular weight is 554 g/mol. The molecule has 0 aliphatic carbocycles. The van der Waals surface area contributed by atoms with Crippen molar-refractivity contribution in [3.8, 4) is 11.1 Å². The van der Waals surface area contributed by atoms with E-state index in [-0.39, 0.29) is 31.5 Å². The minimum atomic E-state index is -4.90. The highest BCUT2D eigenvalue weighted by Gasteiger charge is 2.43. The number of nitrogens with zero attached hydrogens (tertiary/aromatic N) is 1. The second-order valence-electron chi connectivity index (χ2n) is 9.76. The number of aliphatic carboxylic acids is 1. The van der Waals surface area contributed by atoms with E-state index in [0.717, 1.165) is 18.2 Å². The molecule has 1 N–H and O–H groups in total. The number of rotatable bonds is 6. The normalized spacial score (nSPS) is 17.1. The number of hydrogen-bond acceptors (Lipinski definition) is 2. The van der Waals surface area contributed by atoms with Crippen molar-refractivity contribution in [3.05, 3.63) is 94.8 Å². The van der Waals surface area contributed by atoms with Gasteiger partial charge < -0.3 is 5.11 Å². The third-order valence-corrected chi connectivity index (χ3v) is 7.29. The first kappa shape index (κ1) is 28.6. The van der Waals surface area contributed by atoms with Crippen molar-refractivity contribution in [2.75, 3.05) is 13.1 Å².